The first-order chi connectivity index (χ1) is 15.2. The fraction of sp³-hybridized carbons (Fsp3) is 0.435. The van der Waals surface area contributed by atoms with E-state index in [-0.39, 0.29) is 40.6 Å². The van der Waals surface area contributed by atoms with Crippen molar-refractivity contribution in [1.29, 1.82) is 0 Å². The van der Waals surface area contributed by atoms with Crippen LogP contribution >= 0.6 is 11.6 Å². The second kappa shape index (κ2) is 8.33. The fourth-order valence-electron chi connectivity index (χ4n) is 4.64. The third-order valence-corrected chi connectivity index (χ3v) is 6.81. The second-order valence-electron chi connectivity index (χ2n) is 8.35. The SMILES string of the molecule is CCN1C[C@]2(C[C@H]2COC)n2cc(C(=O)CCc3cccc(Cl)c3F)c(=O)c(O)c2C1=O. The Morgan fingerprint density at radius 3 is 2.81 bits per heavy atom. The molecule has 2 aliphatic rings. The molecular weight excluding hydrogens is 439 g/mol. The Hall–Kier alpha value is -2.71. The van der Waals surface area contributed by atoms with Crippen LogP contribution in [-0.4, -0.2) is 53.1 Å². The smallest absolute Gasteiger partial charge is 0.274 e. The number of carbonyl (C=O) groups is 2. The van der Waals surface area contributed by atoms with E-state index >= 15 is 0 Å². The van der Waals surface area contributed by atoms with Crippen LogP contribution in [0, 0.1) is 11.7 Å². The molecule has 7 nitrogen and oxygen atoms in total. The van der Waals surface area contributed by atoms with Gasteiger partial charge in [-0.15, -0.1) is 0 Å². The van der Waals surface area contributed by atoms with Crippen molar-refractivity contribution < 1.29 is 23.8 Å². The largest absolute Gasteiger partial charge is 0.503 e. The normalized spacial score (nSPS) is 21.7. The van der Waals surface area contributed by atoms with Gasteiger partial charge in [0, 0.05) is 38.7 Å². The van der Waals surface area contributed by atoms with Gasteiger partial charge in [0.25, 0.3) is 5.91 Å². The summed E-state index contributed by atoms with van der Waals surface area (Å²) in [7, 11) is 1.59. The highest BCUT2D eigenvalue weighted by atomic mass is 35.5. The number of hydrogen-bond acceptors (Lipinski definition) is 5. The van der Waals surface area contributed by atoms with Crippen LogP contribution in [0.4, 0.5) is 4.39 Å². The van der Waals surface area contributed by atoms with E-state index in [9.17, 15) is 23.9 Å². The number of carbonyl (C=O) groups excluding carboxylic acids is 2. The summed E-state index contributed by atoms with van der Waals surface area (Å²) < 4.78 is 21.0. The summed E-state index contributed by atoms with van der Waals surface area (Å²) in [5.74, 6) is -2.23. The quantitative estimate of drug-likeness (QED) is 0.639. The number of benzene rings is 1. The first kappa shape index (κ1) is 22.5. The van der Waals surface area contributed by atoms with Crippen molar-refractivity contribution in [2.75, 3.05) is 26.8 Å². The molecule has 2 aromatic rings. The first-order valence-corrected chi connectivity index (χ1v) is 10.9. The van der Waals surface area contributed by atoms with E-state index in [1.54, 1.807) is 22.6 Å². The number of rotatable bonds is 7. The molecule has 32 heavy (non-hydrogen) atoms. The highest BCUT2D eigenvalue weighted by Crippen LogP contribution is 2.54. The molecule has 0 bridgehead atoms. The minimum atomic E-state index is -0.891. The summed E-state index contributed by atoms with van der Waals surface area (Å²) in [5, 5.41) is 10.6. The predicted molar refractivity (Wildman–Crippen MR) is 116 cm³/mol. The number of aromatic nitrogens is 1. The highest BCUT2D eigenvalue weighted by Gasteiger charge is 2.60. The summed E-state index contributed by atoms with van der Waals surface area (Å²) in [4.78, 5) is 40.2. The molecule has 2 heterocycles. The van der Waals surface area contributed by atoms with E-state index in [2.05, 4.69) is 0 Å². The summed E-state index contributed by atoms with van der Waals surface area (Å²) in [6, 6.07) is 4.53. The van der Waals surface area contributed by atoms with E-state index in [0.717, 1.165) is 0 Å². The molecule has 0 unspecified atom stereocenters. The molecule has 1 amide bonds. The number of amides is 1. The molecule has 170 valence electrons. The number of likely N-dealkylation sites (N-methyl/N-ethyl adjacent to an activating group) is 1. The van der Waals surface area contributed by atoms with E-state index in [1.807, 2.05) is 6.92 Å². The predicted octanol–water partition coefficient (Wildman–Crippen LogP) is 3.00. The number of pyridine rings is 1. The average molecular weight is 463 g/mol. The maximum absolute atomic E-state index is 14.2. The molecular formula is C23H24ClFN2O5. The summed E-state index contributed by atoms with van der Waals surface area (Å²) in [6.07, 6.45) is 1.98. The van der Waals surface area contributed by atoms with Crippen LogP contribution in [0.5, 0.6) is 5.75 Å². The minimum Gasteiger partial charge on any atom is -0.503 e. The average Bonchev–Trinajstić information content (AvgIpc) is 3.46. The van der Waals surface area contributed by atoms with Crippen LogP contribution in [0.3, 0.4) is 0 Å². The molecule has 1 N–H and O–H groups in total. The number of aromatic hydroxyl groups is 1. The van der Waals surface area contributed by atoms with Gasteiger partial charge in [0.05, 0.1) is 22.7 Å². The number of methoxy groups -OCH3 is 1. The third-order valence-electron chi connectivity index (χ3n) is 6.52. The Morgan fingerprint density at radius 2 is 2.12 bits per heavy atom. The zero-order valence-corrected chi connectivity index (χ0v) is 18.6. The minimum absolute atomic E-state index is 0.0414. The number of aryl methyl sites for hydroxylation is 1. The van der Waals surface area contributed by atoms with Gasteiger partial charge in [-0.3, -0.25) is 14.4 Å². The third kappa shape index (κ3) is 3.51. The van der Waals surface area contributed by atoms with Crippen molar-refractivity contribution >= 4 is 23.3 Å². The van der Waals surface area contributed by atoms with Crippen molar-refractivity contribution in [3.63, 3.8) is 0 Å². The fourth-order valence-corrected chi connectivity index (χ4v) is 4.83. The molecule has 2 atom stereocenters. The lowest BCUT2D eigenvalue weighted by Gasteiger charge is -2.37. The molecule has 1 spiro atoms. The van der Waals surface area contributed by atoms with E-state index < -0.39 is 34.2 Å². The van der Waals surface area contributed by atoms with Gasteiger partial charge < -0.3 is 19.3 Å². The molecule has 9 heteroatoms. The zero-order chi connectivity index (χ0) is 23.2. The van der Waals surface area contributed by atoms with Gasteiger partial charge in [0.15, 0.2) is 17.2 Å². The van der Waals surface area contributed by atoms with Crippen molar-refractivity contribution in [3.05, 3.63) is 62.3 Å². The van der Waals surface area contributed by atoms with Crippen LogP contribution < -0.4 is 5.43 Å². The number of ketones is 1. The van der Waals surface area contributed by atoms with Crippen LogP contribution in [0.1, 0.15) is 46.2 Å². The molecule has 1 aromatic heterocycles. The maximum atomic E-state index is 14.2. The van der Waals surface area contributed by atoms with E-state index in [4.69, 9.17) is 16.3 Å². The van der Waals surface area contributed by atoms with Gasteiger partial charge in [0.1, 0.15) is 5.82 Å². The highest BCUT2D eigenvalue weighted by molar-refractivity contribution is 6.30. The Morgan fingerprint density at radius 1 is 1.38 bits per heavy atom. The van der Waals surface area contributed by atoms with Crippen LogP contribution in [0.25, 0.3) is 0 Å². The van der Waals surface area contributed by atoms with Gasteiger partial charge in [-0.05, 0) is 31.4 Å². The van der Waals surface area contributed by atoms with Gasteiger partial charge in [-0.25, -0.2) is 4.39 Å². The summed E-state index contributed by atoms with van der Waals surface area (Å²) >= 11 is 5.79. The van der Waals surface area contributed by atoms with Gasteiger partial charge >= 0.3 is 0 Å². The number of ether oxygens (including phenoxy) is 1. The number of fused-ring (bicyclic) bond motifs is 2. The number of hydrogen-bond donors (Lipinski definition) is 1. The molecule has 1 aliphatic heterocycles. The molecule has 1 aromatic carbocycles. The Bertz CT molecular complexity index is 1160. The van der Waals surface area contributed by atoms with Crippen molar-refractivity contribution in [2.45, 2.75) is 31.7 Å². The second-order valence-corrected chi connectivity index (χ2v) is 8.76. The van der Waals surface area contributed by atoms with Gasteiger partial charge in [0.2, 0.25) is 5.43 Å². The molecule has 1 aliphatic carbocycles. The number of halogens is 2. The standard InChI is InChI=1S/C23H24ClFN2O5/c1-3-26-12-23(9-14(23)11-32-2)27-10-15(20(29)21(30)19(27)22(26)31)17(28)8-7-13-5-4-6-16(24)18(13)25/h4-6,10,14,30H,3,7-9,11-12H2,1-2H3/t14-,23-/m0/s1. The lowest BCUT2D eigenvalue weighted by atomic mass is 10.00. The van der Waals surface area contributed by atoms with E-state index in [0.29, 0.717) is 26.1 Å². The zero-order valence-electron chi connectivity index (χ0n) is 17.9. The van der Waals surface area contributed by atoms with Crippen molar-refractivity contribution in [1.82, 2.24) is 9.47 Å². The molecule has 0 radical (unpaired) electrons. The Kier molecular flexibility index (Phi) is 5.85. The molecule has 0 saturated heterocycles. The Balaban J connectivity index is 1.71. The lowest BCUT2D eigenvalue weighted by molar-refractivity contribution is 0.0622. The Labute approximate surface area is 189 Å². The topological polar surface area (TPSA) is 88.8 Å². The molecule has 4 rings (SSSR count). The molecule has 1 fully saturated rings. The lowest BCUT2D eigenvalue weighted by Crippen LogP contribution is -2.49. The van der Waals surface area contributed by atoms with Crippen molar-refractivity contribution in [3.8, 4) is 5.75 Å². The number of nitrogens with zero attached hydrogens (tertiary/aromatic N) is 2. The van der Waals surface area contributed by atoms with Crippen LogP contribution in [0.2, 0.25) is 5.02 Å². The van der Waals surface area contributed by atoms with Gasteiger partial charge in [-0.2, -0.15) is 0 Å². The maximum Gasteiger partial charge on any atom is 0.274 e. The van der Waals surface area contributed by atoms with Crippen LogP contribution in [0.15, 0.2) is 29.2 Å². The van der Waals surface area contributed by atoms with E-state index in [1.165, 1.54) is 18.3 Å². The summed E-state index contributed by atoms with van der Waals surface area (Å²) in [6.45, 7) is 3.12. The molecule has 1 saturated carbocycles. The van der Waals surface area contributed by atoms with Gasteiger partial charge in [-0.1, -0.05) is 23.7 Å². The summed E-state index contributed by atoms with van der Waals surface area (Å²) in [5.41, 5.74) is -1.47. The number of Topliss-reactive ketones (excluding diaryl/α,β-unsaturated/α-hetero) is 1. The van der Waals surface area contributed by atoms with Crippen LogP contribution in [-0.2, 0) is 16.7 Å². The monoisotopic (exact) mass is 462 g/mol. The van der Waals surface area contributed by atoms with Crippen molar-refractivity contribution in [2.24, 2.45) is 5.92 Å². The first-order valence-electron chi connectivity index (χ1n) is 10.5.